The number of nitriles is 1. The standard InChI is InChI=1S/C10H9BrF3N3O2.C10H10F3N3O2.C8H6F3N3O2.C5H4F3N3O.C3H4Cl2O.C2H3N.2CH3F.CH2O3.BHNS.2K.H/c1-9(2)7(19)16(3)8-15-5(10(12,13)14)4(11)6(18)17(8)9;1-9(2)7(18)15(3)8-14-5(10(11,12)13)4-6(17)16(8)9;1-3-6(16)13-7-12-4(8(9,10)11)2-5(15)14(3)7;6-5(7,8)2-1-3(12)11-4(9)10-2;1-2(4)3(5)6;1-2-3;2*1-2;2-1-4-3;1-2-3;;;/h1-3H3;4H,1-3H3;2-3H,1H3,(H,12,13,16);1H,(H3,9,10,11,12);2H,1H3;1H3;2*1H3;1,3H;3H;;;/q;;;;;;;;;;2*+1;-1/p-1/i;;;;;;2*1D;;;;;. The number of nitrogens with zero attached hydrogens (tertiary/aromatic N) is 11. The van der Waals surface area contributed by atoms with E-state index < -0.39 is 140 Å². The maximum atomic E-state index is 12.8. The maximum Gasteiger partial charge on any atom is 1.00 e. The third-order valence-electron chi connectivity index (χ3n) is 9.49. The summed E-state index contributed by atoms with van der Waals surface area (Å²) < 4.78 is 184. The molecule has 0 saturated heterocycles. The fraction of sp³-hybridized carbons (Fsp3) is 0.463. The van der Waals surface area contributed by atoms with Crippen LogP contribution in [0, 0.1) is 11.3 Å². The maximum absolute atomic E-state index is 12.8. The van der Waals surface area contributed by atoms with Gasteiger partial charge in [-0.2, -0.15) is 57.9 Å². The van der Waals surface area contributed by atoms with E-state index in [0.29, 0.717) is 18.2 Å². The summed E-state index contributed by atoms with van der Waals surface area (Å²) in [5.74, 6) is -3.04. The van der Waals surface area contributed by atoms with E-state index in [2.05, 4.69) is 70.8 Å². The molecule has 3 aliphatic rings. The third kappa shape index (κ3) is 26.3. The minimum atomic E-state index is -4.77. The number of H-pyrrole nitrogens is 1. The van der Waals surface area contributed by atoms with Crippen LogP contribution in [-0.2, 0) is 64.6 Å². The Morgan fingerprint density at radius 2 is 1.20 bits per heavy atom. The summed E-state index contributed by atoms with van der Waals surface area (Å²) in [7, 11) is 4.90. The predicted octanol–water partition coefficient (Wildman–Crippen LogP) is -0.325. The van der Waals surface area contributed by atoms with Crippen LogP contribution in [0.15, 0.2) is 46.2 Å². The van der Waals surface area contributed by atoms with E-state index in [0.717, 1.165) is 23.5 Å². The topological polar surface area (TPSA) is 349 Å². The first-order chi connectivity index (χ1) is 39.5. The average molecular weight is 1450 g/mol. The van der Waals surface area contributed by atoms with E-state index in [4.69, 9.17) is 47.0 Å². The number of amides is 3. The summed E-state index contributed by atoms with van der Waals surface area (Å²) >= 11 is 15.8. The van der Waals surface area contributed by atoms with Crippen LogP contribution in [0.2, 0.25) is 0 Å². The van der Waals surface area contributed by atoms with E-state index in [1.165, 1.54) is 62.6 Å². The first-order valence-electron chi connectivity index (χ1n) is 22.6. The Hall–Kier alpha value is -4.11. The molecule has 7 heterocycles. The van der Waals surface area contributed by atoms with E-state index in [1.807, 2.05) is 4.98 Å². The Morgan fingerprint density at radius 3 is 1.54 bits per heavy atom. The number of likely N-dealkylation sites (N-methyl/N-ethyl adjacent to an activating group) is 2. The van der Waals surface area contributed by atoms with Crippen molar-refractivity contribution in [2.75, 3.05) is 49.3 Å². The van der Waals surface area contributed by atoms with Crippen molar-refractivity contribution >= 4 is 113 Å². The van der Waals surface area contributed by atoms with Gasteiger partial charge in [-0.15, -0.1) is 11.6 Å². The van der Waals surface area contributed by atoms with Crippen molar-refractivity contribution in [3.63, 3.8) is 0 Å². The minimum absolute atomic E-state index is 0. The third-order valence-corrected chi connectivity index (χ3v) is 10.8. The molecule has 46 heteroatoms. The van der Waals surface area contributed by atoms with Crippen LogP contribution >= 0.6 is 51.9 Å². The molecule has 3 aliphatic heterocycles. The zero-order valence-corrected chi connectivity index (χ0v) is 56.6. The second-order valence-corrected chi connectivity index (χ2v) is 18.0. The molecule has 4 aromatic rings. The zero-order chi connectivity index (χ0) is 69.5. The second kappa shape index (κ2) is 39.2. The Kier molecular flexibility index (Phi) is 39.3. The SMILES string of the molecule is CC#N.CC(Cl)C(=O)Cl.CC1C(=O)Nc2nc(C(F)(F)F)cc(=O)n21.CN1C(=O)C(C)(C)n2c1nc(C(F)(F)F)c(Br)c2=O.CN1C(=O)C(C)(C)n2c1nc(C(F)(F)F)cc2=O.Nc1nc(C(F)(F)F)cc(=O)[nH]1.O=CO[O-].[2H]CF.[2H]CF.[B]=NS.[H-].[K+].[K+]. The normalized spacial score (nSPS) is 14.7. The summed E-state index contributed by atoms with van der Waals surface area (Å²) in [5, 5.41) is 16.8. The first-order valence-corrected chi connectivity index (χ1v) is 23.2. The van der Waals surface area contributed by atoms with Crippen molar-refractivity contribution in [2.24, 2.45) is 4.30 Å². The zero-order valence-electron chi connectivity index (χ0n) is 49.3. The number of nitrogens with one attached hydrogen (secondary N) is 2. The van der Waals surface area contributed by atoms with Gasteiger partial charge in [-0.3, -0.25) is 85.7 Å². The number of halogens is 17. The molecule has 0 saturated carbocycles. The molecule has 0 bridgehead atoms. The number of hydrogen-bond acceptors (Lipinski definition) is 19. The molecule has 0 aromatic carbocycles. The summed E-state index contributed by atoms with van der Waals surface area (Å²) in [4.78, 5) is 118. The van der Waals surface area contributed by atoms with E-state index in [-0.39, 0.29) is 129 Å². The van der Waals surface area contributed by atoms with Gasteiger partial charge in [0, 0.05) is 39.2 Å². The van der Waals surface area contributed by atoms with Crippen LogP contribution in [-0.4, -0.2) is 109 Å². The molecule has 0 spiro atoms. The number of anilines is 4. The van der Waals surface area contributed by atoms with Crippen LogP contribution in [0.5, 0.6) is 0 Å². The van der Waals surface area contributed by atoms with Gasteiger partial charge in [0.2, 0.25) is 34.9 Å². The number of fused-ring (bicyclic) bond motifs is 3. The molecule has 1 radical (unpaired) electrons. The quantitative estimate of drug-likeness (QED) is 0.0292. The second-order valence-electron chi connectivity index (χ2n) is 16.0. The number of nitrogens with two attached hydrogens (primary N) is 1. The average Bonchev–Trinajstić information content (AvgIpc) is 1.58. The molecule has 4 N–H and O–H groups in total. The molecular formula is C41H45BBrCl2F14K2N14O11S. The molecule has 3 amide bonds. The predicted molar refractivity (Wildman–Crippen MR) is 278 cm³/mol. The van der Waals surface area contributed by atoms with E-state index in [9.17, 15) is 99.8 Å². The Balaban J connectivity index is -0.000000234. The number of carbonyl (C=O) groups excluding carboxylic acids is 5. The van der Waals surface area contributed by atoms with Crippen molar-refractivity contribution in [3.8, 4) is 6.07 Å². The number of aromatic nitrogens is 8. The van der Waals surface area contributed by atoms with Crippen molar-refractivity contribution in [3.05, 3.63) is 86.9 Å². The molecule has 4 aromatic heterocycles. The number of hydrogen-bond donors (Lipinski definition) is 4. The van der Waals surface area contributed by atoms with Crippen LogP contribution in [0.25, 0.3) is 0 Å². The van der Waals surface area contributed by atoms with Gasteiger partial charge in [0.05, 0.1) is 23.1 Å². The number of carbonyl (C=O) groups is 5. The molecular weight excluding hydrogens is 1400 g/mol. The summed E-state index contributed by atoms with van der Waals surface area (Å²) in [5.41, 5.74) is -6.47. The first kappa shape index (κ1) is 87.1. The molecule has 475 valence electrons. The summed E-state index contributed by atoms with van der Waals surface area (Å²) in [6, 6.07) is 2.03. The Labute approximate surface area is 595 Å². The van der Waals surface area contributed by atoms with Gasteiger partial charge in [-0.25, -0.2) is 19.9 Å². The van der Waals surface area contributed by atoms with Crippen molar-refractivity contribution in [2.45, 2.75) is 95.7 Å². The van der Waals surface area contributed by atoms with Crippen molar-refractivity contribution in [1.29, 1.82) is 5.26 Å². The Bertz CT molecular complexity index is 3350. The van der Waals surface area contributed by atoms with Gasteiger partial charge in [-0.1, -0.05) is 0 Å². The summed E-state index contributed by atoms with van der Waals surface area (Å²) in [6.07, 6.45) is -18.8. The fourth-order valence-corrected chi connectivity index (χ4v) is 6.51. The van der Waals surface area contributed by atoms with Crippen LogP contribution in [0.1, 0.15) is 81.5 Å². The van der Waals surface area contributed by atoms with Crippen LogP contribution in [0.4, 0.5) is 85.3 Å². The number of aromatic amines is 1. The molecule has 0 fully saturated rings. The van der Waals surface area contributed by atoms with Gasteiger partial charge in [-0.05, 0) is 69.1 Å². The smallest absolute Gasteiger partial charge is 1.00 e. The van der Waals surface area contributed by atoms with Gasteiger partial charge in [0.25, 0.3) is 40.5 Å². The van der Waals surface area contributed by atoms with E-state index in [1.54, 1.807) is 6.07 Å². The molecule has 25 nitrogen and oxygen atoms in total. The Morgan fingerprint density at radius 1 is 0.851 bits per heavy atom. The molecule has 0 aliphatic carbocycles. The van der Waals surface area contributed by atoms with Gasteiger partial charge in [0.15, 0.2) is 22.8 Å². The fourth-order valence-electron chi connectivity index (χ4n) is 6.02. The van der Waals surface area contributed by atoms with E-state index >= 15 is 0 Å². The minimum Gasteiger partial charge on any atom is -1.00 e. The van der Waals surface area contributed by atoms with Crippen LogP contribution in [0.3, 0.4) is 0 Å². The molecule has 7 rings (SSSR count). The molecule has 87 heavy (non-hydrogen) atoms. The van der Waals surface area contributed by atoms with Crippen molar-refractivity contribution < 1.29 is 203 Å². The number of nitrogen functional groups attached to an aromatic ring is 1. The number of thiol groups is 1. The number of rotatable bonds is 2. The van der Waals surface area contributed by atoms with Crippen LogP contribution < -0.4 is 151 Å². The van der Waals surface area contributed by atoms with Gasteiger partial charge in [0.1, 0.15) is 27.0 Å². The summed E-state index contributed by atoms with van der Waals surface area (Å²) in [6.45, 7) is 9.99. The molecule has 2 unspecified atom stereocenters. The largest absolute Gasteiger partial charge is 1.00 e. The number of alkyl halides is 15. The van der Waals surface area contributed by atoms with Gasteiger partial charge < -0.3 is 17.3 Å². The molecule has 2 atom stereocenters. The van der Waals surface area contributed by atoms with Crippen molar-refractivity contribution in [1.82, 2.24) is 38.6 Å². The van der Waals surface area contributed by atoms with Gasteiger partial charge >= 0.3 is 152 Å². The monoisotopic (exact) mass is 1450 g/mol.